The summed E-state index contributed by atoms with van der Waals surface area (Å²) in [7, 11) is 1.26. The third-order valence-electron chi connectivity index (χ3n) is 2.21. The minimum absolute atomic E-state index is 0.230. The Morgan fingerprint density at radius 1 is 1.35 bits per heavy atom. The van der Waals surface area contributed by atoms with Crippen LogP contribution in [0.1, 0.15) is 12.0 Å². The van der Waals surface area contributed by atoms with Gasteiger partial charge in [0, 0.05) is 11.0 Å². The van der Waals surface area contributed by atoms with Crippen LogP contribution in [0.4, 0.5) is 0 Å². The van der Waals surface area contributed by atoms with Crippen LogP contribution in [0, 0.1) is 0 Å². The van der Waals surface area contributed by atoms with Gasteiger partial charge in [-0.3, -0.25) is 9.59 Å². The molecule has 5 heteroatoms. The van der Waals surface area contributed by atoms with E-state index in [0.29, 0.717) is 13.0 Å². The molecule has 0 unspecified atom stereocenters. The van der Waals surface area contributed by atoms with E-state index in [2.05, 4.69) is 26.0 Å². The van der Waals surface area contributed by atoms with Gasteiger partial charge in [-0.25, -0.2) is 0 Å². The topological polar surface area (TPSA) is 55.4 Å². The summed E-state index contributed by atoms with van der Waals surface area (Å²) in [5.41, 5.74) is 1.12. The molecule has 92 valence electrons. The highest BCUT2D eigenvalue weighted by atomic mass is 79.9. The van der Waals surface area contributed by atoms with Crippen LogP contribution in [0.25, 0.3) is 0 Å². The Morgan fingerprint density at radius 2 is 2.06 bits per heavy atom. The van der Waals surface area contributed by atoms with Gasteiger partial charge in [0.25, 0.3) is 0 Å². The third-order valence-corrected chi connectivity index (χ3v) is 2.98. The quantitative estimate of drug-likeness (QED) is 0.665. The number of esters is 1. The van der Waals surface area contributed by atoms with Crippen molar-refractivity contribution >= 4 is 27.8 Å². The highest BCUT2D eigenvalue weighted by Gasteiger charge is 2.08. The van der Waals surface area contributed by atoms with Crippen molar-refractivity contribution in [3.63, 3.8) is 0 Å². The van der Waals surface area contributed by atoms with Crippen molar-refractivity contribution in [2.75, 3.05) is 13.7 Å². The van der Waals surface area contributed by atoms with E-state index in [4.69, 9.17) is 0 Å². The molecule has 0 aliphatic carbocycles. The van der Waals surface area contributed by atoms with Crippen molar-refractivity contribution < 1.29 is 14.3 Å². The number of rotatable bonds is 5. The molecule has 0 saturated carbocycles. The summed E-state index contributed by atoms with van der Waals surface area (Å²) >= 11 is 3.43. The van der Waals surface area contributed by atoms with E-state index >= 15 is 0 Å². The Balaban J connectivity index is 2.31. The Morgan fingerprint density at radius 3 is 2.71 bits per heavy atom. The predicted octanol–water partition coefficient (Wildman–Crippen LogP) is 1.67. The molecule has 0 aliphatic rings. The lowest BCUT2D eigenvalue weighted by Gasteiger charge is -2.06. The van der Waals surface area contributed by atoms with Crippen LogP contribution >= 0.6 is 15.9 Å². The van der Waals surface area contributed by atoms with Gasteiger partial charge in [0.05, 0.1) is 7.11 Å². The molecule has 0 spiro atoms. The molecule has 4 nitrogen and oxygen atoms in total. The Kier molecular flexibility index (Phi) is 5.69. The average molecular weight is 300 g/mol. The van der Waals surface area contributed by atoms with E-state index < -0.39 is 5.97 Å². The number of amides is 1. The van der Waals surface area contributed by atoms with E-state index in [0.717, 1.165) is 10.0 Å². The van der Waals surface area contributed by atoms with Crippen LogP contribution in [0.3, 0.4) is 0 Å². The number of carbonyl (C=O) groups excluding carboxylic acids is 2. The smallest absolute Gasteiger partial charge is 0.315 e. The average Bonchev–Trinajstić information content (AvgIpc) is 2.31. The maximum absolute atomic E-state index is 11.3. The second kappa shape index (κ2) is 7.06. The molecule has 1 aromatic carbocycles. The number of ether oxygens (including phenoxy) is 1. The molecule has 1 N–H and O–H groups in total. The second-order valence-corrected chi connectivity index (χ2v) is 4.30. The zero-order valence-electron chi connectivity index (χ0n) is 9.53. The van der Waals surface area contributed by atoms with Gasteiger partial charge in [0.1, 0.15) is 6.42 Å². The molecule has 0 aliphatic heterocycles. The number of carbonyl (C=O) groups is 2. The molecule has 0 saturated heterocycles. The van der Waals surface area contributed by atoms with Crippen LogP contribution in [-0.2, 0) is 20.7 Å². The van der Waals surface area contributed by atoms with Gasteiger partial charge in [0.15, 0.2) is 0 Å². The summed E-state index contributed by atoms with van der Waals surface area (Å²) in [5.74, 6) is -0.840. The van der Waals surface area contributed by atoms with Gasteiger partial charge < -0.3 is 10.1 Å². The standard InChI is InChI=1S/C12H14BrNO3/c1-17-12(16)8-11(15)14-7-6-9-4-2-3-5-10(9)13/h2-5H,6-8H2,1H3,(H,14,15). The molecule has 0 atom stereocenters. The third kappa shape index (κ3) is 4.99. The van der Waals surface area contributed by atoms with Crippen LogP contribution in [0.15, 0.2) is 28.7 Å². The van der Waals surface area contributed by atoms with Crippen molar-refractivity contribution in [1.29, 1.82) is 0 Å². The van der Waals surface area contributed by atoms with Crippen LogP contribution < -0.4 is 5.32 Å². The number of benzene rings is 1. The molecule has 17 heavy (non-hydrogen) atoms. The lowest BCUT2D eigenvalue weighted by molar-refractivity contribution is -0.143. The fourth-order valence-electron chi connectivity index (χ4n) is 1.30. The molecule has 0 fully saturated rings. The molecule has 0 radical (unpaired) electrons. The lowest BCUT2D eigenvalue weighted by atomic mass is 10.1. The Bertz CT molecular complexity index is 406. The summed E-state index contributed by atoms with van der Waals surface area (Å²) in [4.78, 5) is 22.1. The maximum Gasteiger partial charge on any atom is 0.315 e. The molecule has 1 aromatic rings. The number of methoxy groups -OCH3 is 1. The van der Waals surface area contributed by atoms with Crippen molar-refractivity contribution in [2.24, 2.45) is 0 Å². The van der Waals surface area contributed by atoms with Gasteiger partial charge in [-0.15, -0.1) is 0 Å². The van der Waals surface area contributed by atoms with Crippen molar-refractivity contribution in [1.82, 2.24) is 5.32 Å². The highest BCUT2D eigenvalue weighted by molar-refractivity contribution is 9.10. The molecular formula is C12H14BrNO3. The first kappa shape index (κ1) is 13.7. The summed E-state index contributed by atoms with van der Waals surface area (Å²) in [6.07, 6.45) is 0.487. The zero-order valence-corrected chi connectivity index (χ0v) is 11.1. The summed E-state index contributed by atoms with van der Waals surface area (Å²) in [6, 6.07) is 7.81. The van der Waals surface area contributed by atoms with Crippen LogP contribution in [-0.4, -0.2) is 25.5 Å². The monoisotopic (exact) mass is 299 g/mol. The minimum atomic E-state index is -0.525. The van der Waals surface area contributed by atoms with Crippen molar-refractivity contribution in [3.8, 4) is 0 Å². The van der Waals surface area contributed by atoms with Gasteiger partial charge >= 0.3 is 5.97 Å². The van der Waals surface area contributed by atoms with E-state index in [-0.39, 0.29) is 12.3 Å². The minimum Gasteiger partial charge on any atom is -0.469 e. The fourth-order valence-corrected chi connectivity index (χ4v) is 1.79. The number of halogens is 1. The number of hydrogen-bond acceptors (Lipinski definition) is 3. The largest absolute Gasteiger partial charge is 0.469 e. The SMILES string of the molecule is COC(=O)CC(=O)NCCc1ccccc1Br. The van der Waals surface area contributed by atoms with Gasteiger partial charge in [-0.2, -0.15) is 0 Å². The Labute approximate surface area is 108 Å². The van der Waals surface area contributed by atoms with Gasteiger partial charge in [-0.1, -0.05) is 34.1 Å². The number of hydrogen-bond donors (Lipinski definition) is 1. The molecule has 0 heterocycles. The maximum atomic E-state index is 11.3. The molecule has 1 rings (SSSR count). The van der Waals surface area contributed by atoms with E-state index in [1.165, 1.54) is 7.11 Å². The lowest BCUT2D eigenvalue weighted by Crippen LogP contribution is -2.28. The van der Waals surface area contributed by atoms with Gasteiger partial charge in [0.2, 0.25) is 5.91 Å². The molecule has 0 bridgehead atoms. The Hall–Kier alpha value is -1.36. The van der Waals surface area contributed by atoms with Crippen LogP contribution in [0.5, 0.6) is 0 Å². The summed E-state index contributed by atoms with van der Waals surface area (Å²) < 4.78 is 5.41. The molecule has 0 aromatic heterocycles. The van der Waals surface area contributed by atoms with Crippen LogP contribution in [0.2, 0.25) is 0 Å². The zero-order chi connectivity index (χ0) is 12.7. The first-order valence-corrected chi connectivity index (χ1v) is 5.99. The van der Waals surface area contributed by atoms with E-state index in [9.17, 15) is 9.59 Å². The summed E-state index contributed by atoms with van der Waals surface area (Å²) in [5, 5.41) is 2.66. The summed E-state index contributed by atoms with van der Waals surface area (Å²) in [6.45, 7) is 0.498. The first-order valence-electron chi connectivity index (χ1n) is 5.20. The highest BCUT2D eigenvalue weighted by Crippen LogP contribution is 2.15. The van der Waals surface area contributed by atoms with Crippen molar-refractivity contribution in [2.45, 2.75) is 12.8 Å². The molecule has 1 amide bonds. The second-order valence-electron chi connectivity index (χ2n) is 3.44. The fraction of sp³-hybridized carbons (Fsp3) is 0.333. The van der Waals surface area contributed by atoms with Crippen molar-refractivity contribution in [3.05, 3.63) is 34.3 Å². The number of nitrogens with one attached hydrogen (secondary N) is 1. The first-order chi connectivity index (χ1) is 8.13. The predicted molar refractivity (Wildman–Crippen MR) is 67.5 cm³/mol. The normalized spacial score (nSPS) is 9.76. The van der Waals surface area contributed by atoms with E-state index in [1.807, 2.05) is 24.3 Å². The van der Waals surface area contributed by atoms with E-state index in [1.54, 1.807) is 0 Å². The molecular weight excluding hydrogens is 286 g/mol. The van der Waals surface area contributed by atoms with Gasteiger partial charge in [-0.05, 0) is 18.1 Å².